The molecule has 4 rings (SSSR count). The van der Waals surface area contributed by atoms with Gasteiger partial charge >= 0.3 is 11.9 Å². The molecule has 0 amide bonds. The minimum atomic E-state index is -0.810. The Morgan fingerprint density at radius 3 is 2.73 bits per heavy atom. The molecule has 4 fully saturated rings. The number of esters is 2. The van der Waals surface area contributed by atoms with Crippen molar-refractivity contribution in [3.8, 4) is 0 Å². The molecule has 0 spiro atoms. The number of ether oxygens (including phenoxy) is 3. The topological polar surface area (TPSA) is 82.1 Å². The number of rotatable bonds is 3. The lowest BCUT2D eigenvalue weighted by atomic mass is 9.58. The molecule has 3 heterocycles. The fraction of sp³-hybridized carbons (Fsp3) is 0.833. The van der Waals surface area contributed by atoms with Gasteiger partial charge in [0.05, 0.1) is 18.1 Å². The van der Waals surface area contributed by atoms with Gasteiger partial charge in [0.2, 0.25) is 0 Å². The van der Waals surface area contributed by atoms with Crippen LogP contribution in [0.15, 0.2) is 12.2 Å². The summed E-state index contributed by atoms with van der Waals surface area (Å²) in [5.41, 5.74) is -0.730. The van der Waals surface area contributed by atoms with E-state index in [9.17, 15) is 14.7 Å². The first-order valence-electron chi connectivity index (χ1n) is 11.6. The minimum absolute atomic E-state index is 0.0552. The van der Waals surface area contributed by atoms with Crippen molar-refractivity contribution in [1.29, 1.82) is 0 Å². The number of carbonyl (C=O) groups excluding carboxylic acids is 2. The van der Waals surface area contributed by atoms with Gasteiger partial charge in [0.1, 0.15) is 17.3 Å². The standard InChI is InChI=1S/C24H36O6/c1-6-7-18(26)29-23(4)10-8-15-14(3)22(27)30-24(5)11-9-16(25)13(2)12-17-20(23)19(15)21(24)28-17/h14-17,19-21,25H,2,6-12H2,1,3-5H3/t14-,15?,16-,17?,19+,20+,21?,23-,24+/m1/s1. The van der Waals surface area contributed by atoms with Crippen LogP contribution in [0.4, 0.5) is 0 Å². The largest absolute Gasteiger partial charge is 0.459 e. The third kappa shape index (κ3) is 3.40. The monoisotopic (exact) mass is 420 g/mol. The first kappa shape index (κ1) is 21.8. The predicted molar refractivity (Wildman–Crippen MR) is 110 cm³/mol. The summed E-state index contributed by atoms with van der Waals surface area (Å²) in [5, 5.41) is 10.6. The smallest absolute Gasteiger partial charge is 0.309 e. The van der Waals surface area contributed by atoms with Gasteiger partial charge in [0.25, 0.3) is 0 Å². The molecule has 0 aromatic carbocycles. The molecule has 6 nitrogen and oxygen atoms in total. The van der Waals surface area contributed by atoms with Gasteiger partial charge in [-0.1, -0.05) is 20.4 Å². The molecule has 0 radical (unpaired) electrons. The van der Waals surface area contributed by atoms with Gasteiger partial charge in [-0.25, -0.2) is 0 Å². The molecule has 3 unspecified atom stereocenters. The van der Waals surface area contributed by atoms with Gasteiger partial charge < -0.3 is 19.3 Å². The van der Waals surface area contributed by atoms with E-state index in [1.54, 1.807) is 0 Å². The highest BCUT2D eigenvalue weighted by Gasteiger charge is 2.66. The van der Waals surface area contributed by atoms with E-state index in [1.807, 2.05) is 27.7 Å². The average molecular weight is 421 g/mol. The highest BCUT2D eigenvalue weighted by atomic mass is 16.6. The summed E-state index contributed by atoms with van der Waals surface area (Å²) in [6.07, 6.45) is 3.05. The van der Waals surface area contributed by atoms with Crippen LogP contribution in [-0.2, 0) is 23.8 Å². The van der Waals surface area contributed by atoms with Crippen molar-refractivity contribution in [2.75, 3.05) is 0 Å². The van der Waals surface area contributed by atoms with Crippen LogP contribution in [-0.4, -0.2) is 46.6 Å². The van der Waals surface area contributed by atoms with Crippen LogP contribution in [0.5, 0.6) is 0 Å². The van der Waals surface area contributed by atoms with Crippen molar-refractivity contribution in [3.63, 3.8) is 0 Å². The Labute approximate surface area is 179 Å². The fourth-order valence-corrected chi connectivity index (χ4v) is 6.62. The normalized spacial score (nSPS) is 48.1. The lowest BCUT2D eigenvalue weighted by molar-refractivity contribution is -0.181. The summed E-state index contributed by atoms with van der Waals surface area (Å²) in [6.45, 7) is 12.0. The lowest BCUT2D eigenvalue weighted by Crippen LogP contribution is -2.55. The fourth-order valence-electron chi connectivity index (χ4n) is 6.62. The zero-order valence-corrected chi connectivity index (χ0v) is 18.7. The Kier molecular flexibility index (Phi) is 5.55. The van der Waals surface area contributed by atoms with Crippen molar-refractivity contribution >= 4 is 11.9 Å². The van der Waals surface area contributed by atoms with Crippen molar-refractivity contribution < 1.29 is 28.9 Å². The zero-order valence-electron chi connectivity index (χ0n) is 18.7. The summed E-state index contributed by atoms with van der Waals surface area (Å²) in [7, 11) is 0. The minimum Gasteiger partial charge on any atom is -0.459 e. The van der Waals surface area contributed by atoms with E-state index in [1.165, 1.54) is 0 Å². The molecule has 0 aromatic rings. The number of hydrogen-bond donors (Lipinski definition) is 1. The van der Waals surface area contributed by atoms with Gasteiger partial charge in [-0.3, -0.25) is 9.59 Å². The summed E-state index contributed by atoms with van der Waals surface area (Å²) in [5.74, 6) is -0.444. The molecule has 9 atom stereocenters. The third-order valence-electron chi connectivity index (χ3n) is 8.26. The predicted octanol–water partition coefficient (Wildman–Crippen LogP) is 3.55. The van der Waals surface area contributed by atoms with E-state index in [2.05, 4.69) is 6.58 Å². The van der Waals surface area contributed by atoms with E-state index in [0.29, 0.717) is 32.1 Å². The maximum absolute atomic E-state index is 12.9. The lowest BCUT2D eigenvalue weighted by Gasteiger charge is -2.48. The van der Waals surface area contributed by atoms with Crippen molar-refractivity contribution in [1.82, 2.24) is 0 Å². The highest BCUT2D eigenvalue weighted by molar-refractivity contribution is 5.73. The Bertz CT molecular complexity index is 733. The van der Waals surface area contributed by atoms with E-state index in [0.717, 1.165) is 18.4 Å². The third-order valence-corrected chi connectivity index (χ3v) is 8.26. The van der Waals surface area contributed by atoms with Crippen LogP contribution in [0, 0.1) is 23.7 Å². The molecule has 1 aliphatic carbocycles. The molecule has 3 saturated heterocycles. The van der Waals surface area contributed by atoms with Crippen LogP contribution in [0.3, 0.4) is 0 Å². The maximum atomic E-state index is 12.9. The second-order valence-electron chi connectivity index (χ2n) is 10.4. The Balaban J connectivity index is 1.79. The molecular weight excluding hydrogens is 384 g/mol. The number of hydrogen-bond acceptors (Lipinski definition) is 6. The molecule has 1 N–H and O–H groups in total. The first-order valence-corrected chi connectivity index (χ1v) is 11.6. The molecule has 1 saturated carbocycles. The van der Waals surface area contributed by atoms with Gasteiger partial charge in [0.15, 0.2) is 0 Å². The molecule has 4 aliphatic rings. The Morgan fingerprint density at radius 2 is 2.03 bits per heavy atom. The van der Waals surface area contributed by atoms with E-state index in [-0.39, 0.29) is 47.8 Å². The van der Waals surface area contributed by atoms with E-state index in [4.69, 9.17) is 14.2 Å². The van der Waals surface area contributed by atoms with Crippen molar-refractivity contribution in [3.05, 3.63) is 12.2 Å². The van der Waals surface area contributed by atoms with Crippen LogP contribution in [0.2, 0.25) is 0 Å². The molecule has 0 aromatic heterocycles. The zero-order chi connectivity index (χ0) is 21.8. The van der Waals surface area contributed by atoms with Crippen LogP contribution < -0.4 is 0 Å². The van der Waals surface area contributed by atoms with Crippen molar-refractivity contribution in [2.24, 2.45) is 23.7 Å². The summed E-state index contributed by atoms with van der Waals surface area (Å²) < 4.78 is 18.9. The summed E-state index contributed by atoms with van der Waals surface area (Å²) in [4.78, 5) is 25.5. The first-order chi connectivity index (χ1) is 14.1. The quantitative estimate of drug-likeness (QED) is 0.555. The summed E-state index contributed by atoms with van der Waals surface area (Å²) in [6, 6.07) is 0. The number of aliphatic hydroxyl groups is 1. The maximum Gasteiger partial charge on any atom is 0.309 e. The highest BCUT2D eigenvalue weighted by Crippen LogP contribution is 2.59. The van der Waals surface area contributed by atoms with Crippen LogP contribution in [0.1, 0.15) is 72.6 Å². The second kappa shape index (κ2) is 7.63. The number of fused-ring (bicyclic) bond motifs is 2. The molecule has 2 bridgehead atoms. The Morgan fingerprint density at radius 1 is 1.30 bits per heavy atom. The van der Waals surface area contributed by atoms with Gasteiger partial charge in [-0.15, -0.1) is 0 Å². The Hall–Kier alpha value is -1.40. The second-order valence-corrected chi connectivity index (χ2v) is 10.4. The van der Waals surface area contributed by atoms with Crippen LogP contribution >= 0.6 is 0 Å². The molecule has 3 aliphatic heterocycles. The number of aliphatic hydroxyl groups excluding tert-OH is 1. The molecule has 6 heteroatoms. The van der Waals surface area contributed by atoms with Crippen molar-refractivity contribution in [2.45, 2.75) is 102 Å². The molecule has 30 heavy (non-hydrogen) atoms. The average Bonchev–Trinajstić information content (AvgIpc) is 3.04. The SMILES string of the molecule is C=C1CC2OC3[C@H]4C(CC[C@@](C)(OC(=O)CCC)[C@@H]24)[C@@H](C)C(=O)O[C@@]3(C)CC[C@H]1O. The van der Waals surface area contributed by atoms with E-state index >= 15 is 0 Å². The van der Waals surface area contributed by atoms with Gasteiger partial charge in [-0.05, 0) is 63.9 Å². The summed E-state index contributed by atoms with van der Waals surface area (Å²) >= 11 is 0. The van der Waals surface area contributed by atoms with E-state index < -0.39 is 17.3 Å². The van der Waals surface area contributed by atoms with Gasteiger partial charge in [0, 0.05) is 18.3 Å². The molecular formula is C24H36O6. The number of carbonyl (C=O) groups is 2. The van der Waals surface area contributed by atoms with Gasteiger partial charge in [-0.2, -0.15) is 0 Å². The van der Waals surface area contributed by atoms with Crippen LogP contribution in [0.25, 0.3) is 0 Å². The molecule has 168 valence electrons.